The molecule has 0 saturated heterocycles. The third-order valence-corrected chi connectivity index (χ3v) is 3.62. The number of hydrogen-bond acceptors (Lipinski definition) is 5. The summed E-state index contributed by atoms with van der Waals surface area (Å²) in [6, 6.07) is 0. The second-order valence-electron chi connectivity index (χ2n) is 3.97. The Kier molecular flexibility index (Phi) is 7.74. The van der Waals surface area contributed by atoms with Crippen molar-refractivity contribution in [3.63, 3.8) is 0 Å². The molecule has 0 aromatic rings. The number of carbonyl (C=O) groups excluding carboxylic acids is 1. The number of nitrogens with two attached hydrogens (primary N) is 1. The van der Waals surface area contributed by atoms with Gasteiger partial charge in [-0.1, -0.05) is 6.92 Å². The van der Waals surface area contributed by atoms with Crippen LogP contribution >= 0.6 is 11.8 Å². The molecule has 96 valence electrons. The number of thioether (sulfide) groups is 1. The number of primary amides is 1. The van der Waals surface area contributed by atoms with Gasteiger partial charge in [0.05, 0.1) is 12.7 Å². The maximum atomic E-state index is 11.3. The van der Waals surface area contributed by atoms with E-state index in [2.05, 4.69) is 5.32 Å². The molecule has 2 atom stereocenters. The summed E-state index contributed by atoms with van der Waals surface area (Å²) in [7, 11) is 0. The van der Waals surface area contributed by atoms with Gasteiger partial charge in [-0.15, -0.1) is 0 Å². The maximum Gasteiger partial charge on any atom is 0.238 e. The van der Waals surface area contributed by atoms with E-state index in [9.17, 15) is 4.79 Å². The maximum absolute atomic E-state index is 11.3. The first-order chi connectivity index (χ1) is 7.46. The Morgan fingerprint density at radius 1 is 1.62 bits per heavy atom. The third-order valence-electron chi connectivity index (χ3n) is 2.22. The lowest BCUT2D eigenvalue weighted by atomic mass is 10.1. The highest BCUT2D eigenvalue weighted by atomic mass is 32.2. The van der Waals surface area contributed by atoms with Gasteiger partial charge in [0.15, 0.2) is 0 Å². The molecule has 5 N–H and O–H groups in total. The van der Waals surface area contributed by atoms with E-state index in [1.165, 1.54) is 11.8 Å². The van der Waals surface area contributed by atoms with Crippen LogP contribution in [-0.2, 0) is 4.79 Å². The van der Waals surface area contributed by atoms with Crippen LogP contribution < -0.4 is 11.1 Å². The normalized spacial score (nSPS) is 16.8. The summed E-state index contributed by atoms with van der Waals surface area (Å²) in [5.74, 6) is 0.485. The first-order valence-electron chi connectivity index (χ1n) is 5.38. The van der Waals surface area contributed by atoms with Crippen LogP contribution in [0.2, 0.25) is 0 Å². The highest BCUT2D eigenvalue weighted by molar-refractivity contribution is 7.99. The zero-order valence-corrected chi connectivity index (χ0v) is 10.7. The Morgan fingerprint density at radius 2 is 2.25 bits per heavy atom. The number of carbonyl (C=O) groups is 1. The van der Waals surface area contributed by atoms with E-state index in [0.717, 1.165) is 13.0 Å². The van der Waals surface area contributed by atoms with Crippen molar-refractivity contribution in [1.29, 1.82) is 0 Å². The number of aliphatic hydroxyl groups is 2. The topological polar surface area (TPSA) is 95.6 Å². The molecule has 0 radical (unpaired) electrons. The number of aliphatic hydroxyl groups excluding tert-OH is 2. The summed E-state index contributed by atoms with van der Waals surface area (Å²) >= 11 is 1.40. The van der Waals surface area contributed by atoms with E-state index in [4.69, 9.17) is 15.9 Å². The lowest BCUT2D eigenvalue weighted by molar-refractivity contribution is -0.122. The lowest BCUT2D eigenvalue weighted by Crippen LogP contribution is -2.55. The summed E-state index contributed by atoms with van der Waals surface area (Å²) < 4.78 is 0. The Labute approximate surface area is 101 Å². The summed E-state index contributed by atoms with van der Waals surface area (Å²) in [6.45, 7) is 4.23. The van der Waals surface area contributed by atoms with Crippen LogP contribution in [0.15, 0.2) is 0 Å². The fourth-order valence-corrected chi connectivity index (χ4v) is 2.21. The minimum atomic E-state index is -0.754. The van der Waals surface area contributed by atoms with Gasteiger partial charge in [-0.3, -0.25) is 4.79 Å². The predicted molar refractivity (Wildman–Crippen MR) is 66.3 cm³/mol. The molecule has 6 heteroatoms. The van der Waals surface area contributed by atoms with Crippen LogP contribution in [0.4, 0.5) is 0 Å². The number of rotatable bonds is 9. The molecule has 2 unspecified atom stereocenters. The van der Waals surface area contributed by atoms with E-state index in [1.807, 2.05) is 6.92 Å². The highest BCUT2D eigenvalue weighted by Crippen LogP contribution is 2.14. The standard InChI is InChI=1S/C10H22N2O3S/c1-3-4-12-10(2,9(11)15)7-16-6-8(14)5-13/h8,12-14H,3-7H2,1-2H3,(H2,11,15). The van der Waals surface area contributed by atoms with Gasteiger partial charge in [0, 0.05) is 11.5 Å². The van der Waals surface area contributed by atoms with Crippen molar-refractivity contribution in [2.75, 3.05) is 24.7 Å². The molecule has 16 heavy (non-hydrogen) atoms. The Hall–Kier alpha value is -0.300. The van der Waals surface area contributed by atoms with Crippen molar-refractivity contribution in [3.8, 4) is 0 Å². The molecular formula is C10H22N2O3S. The summed E-state index contributed by atoms with van der Waals surface area (Å²) in [5, 5.41) is 20.9. The molecule has 0 bridgehead atoms. The van der Waals surface area contributed by atoms with Gasteiger partial charge in [0.2, 0.25) is 5.91 Å². The van der Waals surface area contributed by atoms with Crippen molar-refractivity contribution in [1.82, 2.24) is 5.32 Å². The minimum Gasteiger partial charge on any atom is -0.394 e. The van der Waals surface area contributed by atoms with Gasteiger partial charge in [-0.2, -0.15) is 11.8 Å². The van der Waals surface area contributed by atoms with Gasteiger partial charge in [-0.25, -0.2) is 0 Å². The minimum absolute atomic E-state index is 0.261. The summed E-state index contributed by atoms with van der Waals surface area (Å²) in [4.78, 5) is 11.3. The van der Waals surface area contributed by atoms with Crippen LogP contribution in [0.3, 0.4) is 0 Å². The van der Waals surface area contributed by atoms with Crippen molar-refractivity contribution in [2.24, 2.45) is 5.73 Å². The van der Waals surface area contributed by atoms with Crippen molar-refractivity contribution < 1.29 is 15.0 Å². The van der Waals surface area contributed by atoms with Crippen LogP contribution in [0.1, 0.15) is 20.3 Å². The van der Waals surface area contributed by atoms with Gasteiger partial charge < -0.3 is 21.3 Å². The lowest BCUT2D eigenvalue weighted by Gasteiger charge is -2.27. The Morgan fingerprint density at radius 3 is 2.69 bits per heavy atom. The van der Waals surface area contributed by atoms with Gasteiger partial charge in [0.25, 0.3) is 0 Å². The number of hydrogen-bond donors (Lipinski definition) is 4. The average Bonchev–Trinajstić information content (AvgIpc) is 2.25. The molecule has 0 spiro atoms. The molecule has 5 nitrogen and oxygen atoms in total. The van der Waals surface area contributed by atoms with Crippen molar-refractivity contribution >= 4 is 17.7 Å². The summed E-state index contributed by atoms with van der Waals surface area (Å²) in [5.41, 5.74) is 4.58. The highest BCUT2D eigenvalue weighted by Gasteiger charge is 2.30. The molecule has 0 saturated carbocycles. The largest absolute Gasteiger partial charge is 0.394 e. The predicted octanol–water partition coefficient (Wildman–Crippen LogP) is -0.684. The van der Waals surface area contributed by atoms with Crippen LogP contribution in [0.25, 0.3) is 0 Å². The Bertz CT molecular complexity index is 216. The van der Waals surface area contributed by atoms with Crippen molar-refractivity contribution in [2.45, 2.75) is 31.9 Å². The molecular weight excluding hydrogens is 228 g/mol. The second kappa shape index (κ2) is 7.89. The van der Waals surface area contributed by atoms with E-state index in [-0.39, 0.29) is 6.61 Å². The molecule has 0 aromatic carbocycles. The van der Waals surface area contributed by atoms with Crippen LogP contribution in [-0.4, -0.2) is 52.4 Å². The van der Waals surface area contributed by atoms with Crippen LogP contribution in [0, 0.1) is 0 Å². The third kappa shape index (κ3) is 5.69. The quantitative estimate of drug-likeness (QED) is 0.435. The molecule has 0 aliphatic carbocycles. The average molecular weight is 250 g/mol. The molecule has 1 amide bonds. The summed E-state index contributed by atoms with van der Waals surface area (Å²) in [6.07, 6.45) is 0.181. The number of amides is 1. The van der Waals surface area contributed by atoms with Gasteiger partial charge in [0.1, 0.15) is 5.54 Å². The van der Waals surface area contributed by atoms with E-state index < -0.39 is 17.6 Å². The Balaban J connectivity index is 4.07. The molecule has 0 aromatic heterocycles. The van der Waals surface area contributed by atoms with Crippen LogP contribution in [0.5, 0.6) is 0 Å². The van der Waals surface area contributed by atoms with Gasteiger partial charge >= 0.3 is 0 Å². The van der Waals surface area contributed by atoms with E-state index >= 15 is 0 Å². The monoisotopic (exact) mass is 250 g/mol. The molecule has 0 aliphatic heterocycles. The molecule has 0 fully saturated rings. The van der Waals surface area contributed by atoms with Crippen molar-refractivity contribution in [3.05, 3.63) is 0 Å². The van der Waals surface area contributed by atoms with Gasteiger partial charge in [-0.05, 0) is 19.9 Å². The first-order valence-corrected chi connectivity index (χ1v) is 6.53. The molecule has 0 heterocycles. The smallest absolute Gasteiger partial charge is 0.238 e. The second-order valence-corrected chi connectivity index (χ2v) is 5.00. The molecule has 0 rings (SSSR count). The zero-order chi connectivity index (χ0) is 12.6. The number of nitrogens with one attached hydrogen (secondary N) is 1. The van der Waals surface area contributed by atoms with E-state index in [1.54, 1.807) is 6.92 Å². The SMILES string of the molecule is CCCNC(C)(CSCC(O)CO)C(N)=O. The first kappa shape index (κ1) is 15.7. The van der Waals surface area contributed by atoms with E-state index in [0.29, 0.717) is 11.5 Å². The fourth-order valence-electron chi connectivity index (χ4n) is 1.06. The fraction of sp³-hybridized carbons (Fsp3) is 0.900. The zero-order valence-electron chi connectivity index (χ0n) is 9.90. The molecule has 0 aliphatic rings.